The predicted octanol–water partition coefficient (Wildman–Crippen LogP) is 2.50. The van der Waals surface area contributed by atoms with Crippen molar-refractivity contribution in [1.29, 1.82) is 0 Å². The van der Waals surface area contributed by atoms with Gasteiger partial charge in [0.1, 0.15) is 0 Å². The van der Waals surface area contributed by atoms with Gasteiger partial charge in [-0.2, -0.15) is 0 Å². The molecule has 3 heteroatoms. The number of hydrogen-bond donors (Lipinski definition) is 3. The Morgan fingerprint density at radius 2 is 1.73 bits per heavy atom. The fourth-order valence-corrected chi connectivity index (χ4v) is 6.78. The van der Waals surface area contributed by atoms with Crippen LogP contribution in [0.3, 0.4) is 0 Å². The molecule has 0 aromatic heterocycles. The fraction of sp³-hybridized carbons (Fsp3) is 0.895. The molecule has 22 heavy (non-hydrogen) atoms. The van der Waals surface area contributed by atoms with Crippen LogP contribution >= 0.6 is 0 Å². The van der Waals surface area contributed by atoms with Gasteiger partial charge < -0.3 is 15.3 Å². The van der Waals surface area contributed by atoms with Crippen LogP contribution in [0.1, 0.15) is 52.4 Å². The lowest BCUT2D eigenvalue weighted by Crippen LogP contribution is -2.53. The summed E-state index contributed by atoms with van der Waals surface area (Å²) < 4.78 is 0. The van der Waals surface area contributed by atoms with E-state index in [2.05, 4.69) is 19.9 Å². The van der Waals surface area contributed by atoms with Crippen molar-refractivity contribution >= 4 is 0 Å². The molecule has 4 unspecified atom stereocenters. The summed E-state index contributed by atoms with van der Waals surface area (Å²) in [5.41, 5.74) is 0.101. The van der Waals surface area contributed by atoms with E-state index in [1.807, 2.05) is 6.08 Å². The van der Waals surface area contributed by atoms with Crippen LogP contribution in [-0.2, 0) is 0 Å². The Morgan fingerprint density at radius 3 is 2.50 bits per heavy atom. The van der Waals surface area contributed by atoms with Crippen molar-refractivity contribution < 1.29 is 15.3 Å². The third-order valence-corrected chi connectivity index (χ3v) is 8.14. The maximum Gasteiger partial charge on any atom is 0.0855 e. The molecule has 4 aliphatic carbocycles. The van der Waals surface area contributed by atoms with Crippen molar-refractivity contribution in [2.45, 2.75) is 70.7 Å². The highest BCUT2D eigenvalue weighted by molar-refractivity contribution is 5.17. The first-order valence-corrected chi connectivity index (χ1v) is 9.10. The van der Waals surface area contributed by atoms with E-state index in [1.165, 1.54) is 12.8 Å². The van der Waals surface area contributed by atoms with Crippen LogP contribution < -0.4 is 0 Å². The molecule has 124 valence electrons. The summed E-state index contributed by atoms with van der Waals surface area (Å²) in [5, 5.41) is 30.7. The van der Waals surface area contributed by atoms with Crippen LogP contribution in [0.25, 0.3) is 0 Å². The van der Waals surface area contributed by atoms with Crippen LogP contribution in [0.5, 0.6) is 0 Å². The molecule has 3 N–H and O–H groups in total. The van der Waals surface area contributed by atoms with Crippen molar-refractivity contribution in [1.82, 2.24) is 0 Å². The summed E-state index contributed by atoms with van der Waals surface area (Å²) in [6.45, 7) is 4.59. The predicted molar refractivity (Wildman–Crippen MR) is 85.0 cm³/mol. The highest BCUT2D eigenvalue weighted by Crippen LogP contribution is 2.65. The lowest BCUT2D eigenvalue weighted by molar-refractivity contribution is -0.105. The molecule has 0 aromatic carbocycles. The van der Waals surface area contributed by atoms with Gasteiger partial charge >= 0.3 is 0 Å². The smallest absolute Gasteiger partial charge is 0.0855 e. The molecule has 0 saturated heterocycles. The standard InChI is InChI=1S/C19H30O3/c1-18-7-5-12(20)9-11(18)3-4-13-14(18)6-8-19(2)15(13)10-16(21)17(19)22/h5,7,11-17,20-22H,3-4,6,8-10H2,1-2H3/t11?,12?,13-,14-,15+,16?,17?,18+,19+/m1/s1. The van der Waals surface area contributed by atoms with Gasteiger partial charge in [-0.15, -0.1) is 0 Å². The second kappa shape index (κ2) is 4.81. The van der Waals surface area contributed by atoms with Gasteiger partial charge in [-0.05, 0) is 73.0 Å². The third-order valence-electron chi connectivity index (χ3n) is 8.14. The van der Waals surface area contributed by atoms with Gasteiger partial charge in [-0.3, -0.25) is 0 Å². The van der Waals surface area contributed by atoms with Crippen molar-refractivity contribution in [2.75, 3.05) is 0 Å². The summed E-state index contributed by atoms with van der Waals surface area (Å²) in [4.78, 5) is 0. The van der Waals surface area contributed by atoms with Crippen LogP contribution in [0, 0.1) is 34.5 Å². The summed E-state index contributed by atoms with van der Waals surface area (Å²) in [6, 6.07) is 0. The van der Waals surface area contributed by atoms with Crippen molar-refractivity contribution in [3.8, 4) is 0 Å². The summed E-state index contributed by atoms with van der Waals surface area (Å²) in [6.07, 6.45) is 9.18. The van der Waals surface area contributed by atoms with Crippen molar-refractivity contribution in [2.24, 2.45) is 34.5 Å². The number of rotatable bonds is 0. The lowest BCUT2D eigenvalue weighted by Gasteiger charge is -2.59. The van der Waals surface area contributed by atoms with E-state index in [4.69, 9.17) is 0 Å². The molecule has 0 heterocycles. The van der Waals surface area contributed by atoms with Crippen LogP contribution in [-0.4, -0.2) is 33.6 Å². The van der Waals surface area contributed by atoms with Crippen molar-refractivity contribution in [3.05, 3.63) is 12.2 Å². The minimum absolute atomic E-state index is 0.0956. The quantitative estimate of drug-likeness (QED) is 0.603. The molecule has 0 amide bonds. The molecule has 3 saturated carbocycles. The van der Waals surface area contributed by atoms with Gasteiger partial charge in [0.05, 0.1) is 18.3 Å². The number of allylic oxidation sites excluding steroid dienone is 1. The van der Waals surface area contributed by atoms with E-state index in [0.717, 1.165) is 25.7 Å². The van der Waals surface area contributed by atoms with Crippen LogP contribution in [0.4, 0.5) is 0 Å². The SMILES string of the molecule is C[C@]12C=CC(O)CC1CC[C@@H]1[C@H]2CC[C@]2(C)C(O)C(O)C[C@@H]12. The third kappa shape index (κ3) is 1.85. The second-order valence-electron chi connectivity index (χ2n) is 8.97. The van der Waals surface area contributed by atoms with Gasteiger partial charge in [0.2, 0.25) is 0 Å². The molecule has 4 aliphatic rings. The van der Waals surface area contributed by atoms with Gasteiger partial charge in [0, 0.05) is 0 Å². The number of aliphatic hydroxyl groups is 3. The monoisotopic (exact) mass is 306 g/mol. The number of fused-ring (bicyclic) bond motifs is 5. The van der Waals surface area contributed by atoms with Gasteiger partial charge in [0.25, 0.3) is 0 Å². The van der Waals surface area contributed by atoms with E-state index in [1.54, 1.807) is 0 Å². The van der Waals surface area contributed by atoms with E-state index in [-0.39, 0.29) is 16.9 Å². The minimum Gasteiger partial charge on any atom is -0.390 e. The average Bonchev–Trinajstić information content (AvgIpc) is 2.72. The molecule has 0 aliphatic heterocycles. The average molecular weight is 306 g/mol. The zero-order valence-electron chi connectivity index (χ0n) is 13.8. The summed E-state index contributed by atoms with van der Waals surface area (Å²) in [7, 11) is 0. The normalized spacial score (nSPS) is 60.5. The topological polar surface area (TPSA) is 60.7 Å². The Balaban J connectivity index is 1.67. The maximum absolute atomic E-state index is 10.5. The first-order valence-electron chi connectivity index (χ1n) is 9.10. The number of aliphatic hydroxyl groups excluding tert-OH is 3. The second-order valence-corrected chi connectivity index (χ2v) is 8.97. The Labute approximate surface area is 133 Å². The first-order chi connectivity index (χ1) is 10.4. The maximum atomic E-state index is 10.5. The van der Waals surface area contributed by atoms with E-state index < -0.39 is 12.2 Å². The number of hydrogen-bond acceptors (Lipinski definition) is 3. The van der Waals surface area contributed by atoms with Gasteiger partial charge in [-0.25, -0.2) is 0 Å². The van der Waals surface area contributed by atoms with Crippen molar-refractivity contribution in [3.63, 3.8) is 0 Å². The zero-order chi connectivity index (χ0) is 15.7. The minimum atomic E-state index is -0.548. The molecule has 0 aromatic rings. The van der Waals surface area contributed by atoms with Crippen LogP contribution in [0.2, 0.25) is 0 Å². The largest absolute Gasteiger partial charge is 0.390 e. The molecule has 3 nitrogen and oxygen atoms in total. The highest BCUT2D eigenvalue weighted by atomic mass is 16.3. The molecule has 0 radical (unpaired) electrons. The molecular formula is C19H30O3. The molecule has 0 bridgehead atoms. The molecular weight excluding hydrogens is 276 g/mol. The highest BCUT2D eigenvalue weighted by Gasteiger charge is 2.61. The Kier molecular flexibility index (Phi) is 3.32. The first kappa shape index (κ1) is 15.2. The summed E-state index contributed by atoms with van der Waals surface area (Å²) >= 11 is 0. The Hall–Kier alpha value is -0.380. The fourth-order valence-electron chi connectivity index (χ4n) is 6.78. The van der Waals surface area contributed by atoms with Crippen LogP contribution in [0.15, 0.2) is 12.2 Å². The van der Waals surface area contributed by atoms with E-state index in [9.17, 15) is 15.3 Å². The van der Waals surface area contributed by atoms with Gasteiger partial charge in [0.15, 0.2) is 0 Å². The molecule has 0 spiro atoms. The molecule has 9 atom stereocenters. The molecule has 3 fully saturated rings. The Morgan fingerprint density at radius 1 is 0.955 bits per heavy atom. The van der Waals surface area contributed by atoms with E-state index in [0.29, 0.717) is 23.7 Å². The lowest BCUT2D eigenvalue weighted by atomic mass is 9.46. The molecule has 4 rings (SSSR count). The zero-order valence-corrected chi connectivity index (χ0v) is 13.8. The summed E-state index contributed by atoms with van der Waals surface area (Å²) in [5.74, 6) is 2.31. The van der Waals surface area contributed by atoms with E-state index >= 15 is 0 Å². The Bertz CT molecular complexity index is 489. The van der Waals surface area contributed by atoms with Gasteiger partial charge in [-0.1, -0.05) is 26.0 Å².